The third-order valence-corrected chi connectivity index (χ3v) is 5.02. The third-order valence-electron chi connectivity index (χ3n) is 4.65. The van der Waals surface area contributed by atoms with Gasteiger partial charge in [0.15, 0.2) is 18.1 Å². The van der Waals surface area contributed by atoms with Gasteiger partial charge in [-0.3, -0.25) is 9.59 Å². The molecule has 0 saturated carbocycles. The maximum Gasteiger partial charge on any atom is 0.261 e. The van der Waals surface area contributed by atoms with Crippen LogP contribution in [0.4, 0.5) is 0 Å². The van der Waals surface area contributed by atoms with Crippen molar-refractivity contribution in [3.63, 3.8) is 0 Å². The van der Waals surface area contributed by atoms with E-state index in [1.54, 1.807) is 31.4 Å². The molecule has 0 fully saturated rings. The van der Waals surface area contributed by atoms with Crippen molar-refractivity contribution in [2.45, 2.75) is 39.3 Å². The Kier molecular flexibility index (Phi) is 9.48. The minimum Gasteiger partial charge on any atom is -0.493 e. The number of rotatable bonds is 11. The molecule has 30 heavy (non-hydrogen) atoms. The van der Waals surface area contributed by atoms with Gasteiger partial charge in [-0.25, -0.2) is 0 Å². The molecule has 2 aromatic rings. The van der Waals surface area contributed by atoms with Gasteiger partial charge in [-0.15, -0.1) is 0 Å². The maximum absolute atomic E-state index is 13.1. The normalized spacial score (nSPS) is 11.5. The molecule has 1 N–H and O–H groups in total. The summed E-state index contributed by atoms with van der Waals surface area (Å²) in [4.78, 5) is 27.4. The van der Waals surface area contributed by atoms with Gasteiger partial charge in [0.1, 0.15) is 6.04 Å². The second-order valence-electron chi connectivity index (χ2n) is 6.77. The molecule has 0 aliphatic carbocycles. The van der Waals surface area contributed by atoms with E-state index < -0.39 is 6.04 Å². The Morgan fingerprint density at radius 2 is 1.73 bits per heavy atom. The van der Waals surface area contributed by atoms with Crippen molar-refractivity contribution in [3.8, 4) is 11.5 Å². The number of nitrogens with zero attached hydrogens (tertiary/aromatic N) is 1. The molecular formula is C23H29ClN2O4. The highest BCUT2D eigenvalue weighted by Gasteiger charge is 2.29. The minimum atomic E-state index is -0.624. The summed E-state index contributed by atoms with van der Waals surface area (Å²) in [6, 6.07) is 13.8. The molecular weight excluding hydrogens is 404 g/mol. The summed E-state index contributed by atoms with van der Waals surface area (Å²) in [5.74, 6) is 0.515. The van der Waals surface area contributed by atoms with Crippen molar-refractivity contribution >= 4 is 23.4 Å². The van der Waals surface area contributed by atoms with Gasteiger partial charge in [-0.05, 0) is 36.6 Å². The van der Waals surface area contributed by atoms with E-state index in [4.69, 9.17) is 21.1 Å². The fourth-order valence-corrected chi connectivity index (χ4v) is 3.25. The molecule has 1 atom stereocenters. The number of hydrogen-bond donors (Lipinski definition) is 1. The molecule has 6 nitrogen and oxygen atoms in total. The summed E-state index contributed by atoms with van der Waals surface area (Å²) in [6.07, 6.45) is 1.29. The summed E-state index contributed by atoms with van der Waals surface area (Å²) in [7, 11) is 1.54. The van der Waals surface area contributed by atoms with Gasteiger partial charge in [0.2, 0.25) is 5.91 Å². The topological polar surface area (TPSA) is 67.9 Å². The van der Waals surface area contributed by atoms with Gasteiger partial charge in [0.25, 0.3) is 5.91 Å². The Balaban J connectivity index is 2.23. The number of carbonyl (C=O) groups excluding carboxylic acids is 2. The van der Waals surface area contributed by atoms with E-state index in [1.165, 1.54) is 4.90 Å². The molecule has 162 valence electrons. The molecule has 0 saturated heterocycles. The van der Waals surface area contributed by atoms with Crippen LogP contribution in [0.5, 0.6) is 11.5 Å². The van der Waals surface area contributed by atoms with E-state index in [1.807, 2.05) is 38.1 Å². The van der Waals surface area contributed by atoms with Crippen LogP contribution in [-0.2, 0) is 16.1 Å². The molecule has 0 aliphatic rings. The molecule has 2 amide bonds. The quantitative estimate of drug-likeness (QED) is 0.581. The predicted molar refractivity (Wildman–Crippen MR) is 118 cm³/mol. The van der Waals surface area contributed by atoms with Crippen molar-refractivity contribution in [2.75, 3.05) is 20.3 Å². The Hall–Kier alpha value is -2.73. The zero-order valence-electron chi connectivity index (χ0n) is 17.7. The number of amides is 2. The van der Waals surface area contributed by atoms with E-state index in [0.717, 1.165) is 12.0 Å². The zero-order valence-corrected chi connectivity index (χ0v) is 18.4. The minimum absolute atomic E-state index is 0.183. The third kappa shape index (κ3) is 6.39. The highest BCUT2D eigenvalue weighted by molar-refractivity contribution is 6.31. The Morgan fingerprint density at radius 3 is 2.37 bits per heavy atom. The summed E-state index contributed by atoms with van der Waals surface area (Å²) < 4.78 is 11.0. The molecule has 2 aromatic carbocycles. The summed E-state index contributed by atoms with van der Waals surface area (Å²) in [6.45, 7) is 4.41. The monoisotopic (exact) mass is 432 g/mol. The summed E-state index contributed by atoms with van der Waals surface area (Å²) in [5.41, 5.74) is 0.770. The van der Waals surface area contributed by atoms with E-state index in [0.29, 0.717) is 29.5 Å². The fraction of sp³-hybridized carbons (Fsp3) is 0.391. The first kappa shape index (κ1) is 23.5. The number of para-hydroxylation sites is 2. The number of halogens is 1. The number of carbonyl (C=O) groups is 2. The number of ether oxygens (including phenoxy) is 2. The largest absolute Gasteiger partial charge is 0.493 e. The maximum atomic E-state index is 13.1. The first-order chi connectivity index (χ1) is 14.5. The fourth-order valence-electron chi connectivity index (χ4n) is 3.06. The Morgan fingerprint density at radius 1 is 1.07 bits per heavy atom. The molecule has 0 aliphatic heterocycles. The van der Waals surface area contributed by atoms with Crippen LogP contribution in [-0.4, -0.2) is 43.0 Å². The van der Waals surface area contributed by atoms with E-state index >= 15 is 0 Å². The van der Waals surface area contributed by atoms with Crippen molar-refractivity contribution in [3.05, 3.63) is 59.1 Å². The lowest BCUT2D eigenvalue weighted by molar-refractivity contribution is -0.143. The lowest BCUT2D eigenvalue weighted by atomic mass is 10.1. The molecule has 0 bridgehead atoms. The van der Waals surface area contributed by atoms with Crippen LogP contribution in [0.3, 0.4) is 0 Å². The van der Waals surface area contributed by atoms with Crippen LogP contribution in [0.2, 0.25) is 5.02 Å². The Labute approximate surface area is 183 Å². The first-order valence-electron chi connectivity index (χ1n) is 10.1. The molecule has 0 heterocycles. The van der Waals surface area contributed by atoms with Crippen LogP contribution >= 0.6 is 11.6 Å². The molecule has 0 aromatic heterocycles. The Bertz CT molecular complexity index is 843. The second-order valence-corrected chi connectivity index (χ2v) is 7.17. The van der Waals surface area contributed by atoms with Crippen LogP contribution in [0, 0.1) is 0 Å². The average Bonchev–Trinajstić information content (AvgIpc) is 2.77. The van der Waals surface area contributed by atoms with E-state index in [2.05, 4.69) is 5.32 Å². The number of benzene rings is 2. The molecule has 2 rings (SSSR count). The number of methoxy groups -OCH3 is 1. The zero-order chi connectivity index (χ0) is 21.9. The highest BCUT2D eigenvalue weighted by Crippen LogP contribution is 2.26. The van der Waals surface area contributed by atoms with Gasteiger partial charge in [0.05, 0.1) is 7.11 Å². The average molecular weight is 433 g/mol. The van der Waals surface area contributed by atoms with Crippen LogP contribution in [0.1, 0.15) is 32.3 Å². The van der Waals surface area contributed by atoms with E-state index in [9.17, 15) is 9.59 Å². The van der Waals surface area contributed by atoms with Crippen LogP contribution in [0.15, 0.2) is 48.5 Å². The molecule has 0 radical (unpaired) electrons. The predicted octanol–water partition coefficient (Wildman–Crippen LogP) is 4.06. The SMILES string of the molecule is CCCNC(=O)C(CC)N(Cc1ccccc1Cl)C(=O)COc1ccccc1OC. The summed E-state index contributed by atoms with van der Waals surface area (Å²) in [5, 5.41) is 3.43. The molecule has 1 unspecified atom stereocenters. The highest BCUT2D eigenvalue weighted by atomic mass is 35.5. The lowest BCUT2D eigenvalue weighted by Gasteiger charge is -2.31. The number of nitrogens with one attached hydrogen (secondary N) is 1. The van der Waals surface area contributed by atoms with Crippen molar-refractivity contribution in [1.29, 1.82) is 0 Å². The van der Waals surface area contributed by atoms with Gasteiger partial charge < -0.3 is 19.7 Å². The lowest BCUT2D eigenvalue weighted by Crippen LogP contribution is -2.50. The standard InChI is InChI=1S/C23H29ClN2O4/c1-4-14-25-23(28)19(5-2)26(15-17-10-6-7-11-18(17)24)22(27)16-30-21-13-9-8-12-20(21)29-3/h6-13,19H,4-5,14-16H2,1-3H3,(H,25,28). The molecule has 7 heteroatoms. The van der Waals surface area contributed by atoms with Crippen molar-refractivity contribution in [2.24, 2.45) is 0 Å². The van der Waals surface area contributed by atoms with Crippen molar-refractivity contribution < 1.29 is 19.1 Å². The summed E-state index contributed by atoms with van der Waals surface area (Å²) >= 11 is 6.31. The van der Waals surface area contributed by atoms with Gasteiger partial charge in [0, 0.05) is 18.1 Å². The number of hydrogen-bond acceptors (Lipinski definition) is 4. The smallest absolute Gasteiger partial charge is 0.261 e. The molecule has 0 spiro atoms. The van der Waals surface area contributed by atoms with Crippen LogP contribution in [0.25, 0.3) is 0 Å². The first-order valence-corrected chi connectivity index (χ1v) is 10.5. The van der Waals surface area contributed by atoms with Gasteiger partial charge in [-0.2, -0.15) is 0 Å². The second kappa shape index (κ2) is 12.1. The van der Waals surface area contributed by atoms with Gasteiger partial charge in [-0.1, -0.05) is 55.8 Å². The van der Waals surface area contributed by atoms with Crippen LogP contribution < -0.4 is 14.8 Å². The van der Waals surface area contributed by atoms with Crippen molar-refractivity contribution in [1.82, 2.24) is 10.2 Å². The van der Waals surface area contributed by atoms with E-state index in [-0.39, 0.29) is 25.0 Å². The van der Waals surface area contributed by atoms with Gasteiger partial charge >= 0.3 is 0 Å².